The van der Waals surface area contributed by atoms with Gasteiger partial charge in [-0.25, -0.2) is 0 Å². The number of nitrogens with zero attached hydrogens (tertiary/aromatic N) is 1. The molecule has 88 valence electrons. The first kappa shape index (κ1) is 11.6. The molecule has 1 aliphatic rings. The molecule has 2 heteroatoms. The maximum atomic E-state index is 6.06. The lowest BCUT2D eigenvalue weighted by Crippen LogP contribution is -2.45. The van der Waals surface area contributed by atoms with Crippen LogP contribution in [0.2, 0.25) is 0 Å². The van der Waals surface area contributed by atoms with Gasteiger partial charge in [0.2, 0.25) is 0 Å². The molecule has 2 nitrogen and oxygen atoms in total. The van der Waals surface area contributed by atoms with Gasteiger partial charge >= 0.3 is 0 Å². The van der Waals surface area contributed by atoms with E-state index < -0.39 is 0 Å². The molecule has 1 aliphatic heterocycles. The Morgan fingerprint density at radius 1 is 1.25 bits per heavy atom. The molecule has 16 heavy (non-hydrogen) atoms. The largest absolute Gasteiger partial charge is 0.316 e. The molecule has 1 unspecified atom stereocenters. The minimum absolute atomic E-state index is 0.261. The number of rotatable bonds is 3. The van der Waals surface area contributed by atoms with Gasteiger partial charge in [-0.05, 0) is 30.7 Å². The van der Waals surface area contributed by atoms with Crippen molar-refractivity contribution >= 4 is 0 Å². The van der Waals surface area contributed by atoms with Crippen molar-refractivity contribution in [3.63, 3.8) is 0 Å². The van der Waals surface area contributed by atoms with Gasteiger partial charge < -0.3 is 5.73 Å². The summed E-state index contributed by atoms with van der Waals surface area (Å²) in [5.74, 6) is 0.738. The highest BCUT2D eigenvalue weighted by atomic mass is 15.2. The minimum atomic E-state index is 0.261. The van der Waals surface area contributed by atoms with E-state index in [0.717, 1.165) is 25.4 Å². The quantitative estimate of drug-likeness (QED) is 0.845. The molecular formula is C14H22N2. The van der Waals surface area contributed by atoms with Gasteiger partial charge in [0.15, 0.2) is 0 Å². The molecule has 2 rings (SSSR count). The Morgan fingerprint density at radius 3 is 2.44 bits per heavy atom. The van der Waals surface area contributed by atoms with Crippen LogP contribution in [0.1, 0.15) is 37.7 Å². The predicted molar refractivity (Wildman–Crippen MR) is 68.3 cm³/mol. The number of hydrogen-bond acceptors (Lipinski definition) is 2. The van der Waals surface area contributed by atoms with Crippen LogP contribution in [0.5, 0.6) is 0 Å². The summed E-state index contributed by atoms with van der Waals surface area (Å²) < 4.78 is 0. The number of nitrogens with two attached hydrogens (primary N) is 1. The van der Waals surface area contributed by atoms with Crippen molar-refractivity contribution in [2.45, 2.75) is 38.3 Å². The SMILES string of the molecule is CCC(N)N1CCC(c2ccccc2)CC1. The Balaban J connectivity index is 1.91. The summed E-state index contributed by atoms with van der Waals surface area (Å²) in [6, 6.07) is 10.9. The molecule has 1 heterocycles. The van der Waals surface area contributed by atoms with E-state index in [1.807, 2.05) is 0 Å². The van der Waals surface area contributed by atoms with Crippen molar-refractivity contribution in [2.75, 3.05) is 13.1 Å². The standard InChI is InChI=1S/C14H22N2/c1-2-14(15)16-10-8-13(9-11-16)12-6-4-3-5-7-12/h3-7,13-14H,2,8-11,15H2,1H3. The van der Waals surface area contributed by atoms with E-state index in [-0.39, 0.29) is 6.17 Å². The third-order valence-electron chi connectivity index (χ3n) is 3.69. The van der Waals surface area contributed by atoms with Gasteiger partial charge in [-0.2, -0.15) is 0 Å². The number of likely N-dealkylation sites (tertiary alicyclic amines) is 1. The van der Waals surface area contributed by atoms with E-state index in [0.29, 0.717) is 0 Å². The Bertz CT molecular complexity index is 302. The van der Waals surface area contributed by atoms with Crippen LogP contribution in [0.25, 0.3) is 0 Å². The maximum absolute atomic E-state index is 6.06. The van der Waals surface area contributed by atoms with Crippen molar-refractivity contribution in [2.24, 2.45) is 5.73 Å². The summed E-state index contributed by atoms with van der Waals surface area (Å²) in [6.07, 6.45) is 3.81. The van der Waals surface area contributed by atoms with Gasteiger partial charge in [0.1, 0.15) is 0 Å². The molecule has 0 aliphatic carbocycles. The van der Waals surface area contributed by atoms with Crippen molar-refractivity contribution in [1.82, 2.24) is 4.90 Å². The molecule has 0 spiro atoms. The second-order valence-electron chi connectivity index (χ2n) is 4.70. The van der Waals surface area contributed by atoms with Crippen LogP contribution in [0.4, 0.5) is 0 Å². The van der Waals surface area contributed by atoms with E-state index in [1.54, 1.807) is 0 Å². The van der Waals surface area contributed by atoms with Gasteiger partial charge in [0.25, 0.3) is 0 Å². The number of hydrogen-bond donors (Lipinski definition) is 1. The van der Waals surface area contributed by atoms with E-state index in [2.05, 4.69) is 42.2 Å². The number of piperidine rings is 1. The molecule has 0 aromatic heterocycles. The lowest BCUT2D eigenvalue weighted by atomic mass is 9.89. The molecule has 0 bridgehead atoms. The van der Waals surface area contributed by atoms with E-state index in [1.165, 1.54) is 18.4 Å². The van der Waals surface area contributed by atoms with Crippen LogP contribution >= 0.6 is 0 Å². The fraction of sp³-hybridized carbons (Fsp3) is 0.571. The number of benzene rings is 1. The van der Waals surface area contributed by atoms with Crippen LogP contribution in [0.15, 0.2) is 30.3 Å². The molecule has 2 N–H and O–H groups in total. The second kappa shape index (κ2) is 5.46. The van der Waals surface area contributed by atoms with Gasteiger partial charge in [-0.3, -0.25) is 4.90 Å². The third kappa shape index (κ3) is 2.63. The lowest BCUT2D eigenvalue weighted by molar-refractivity contribution is 0.151. The lowest BCUT2D eigenvalue weighted by Gasteiger charge is -2.35. The fourth-order valence-electron chi connectivity index (χ4n) is 2.55. The van der Waals surface area contributed by atoms with Gasteiger partial charge in [0.05, 0.1) is 6.17 Å². The Labute approximate surface area is 98.4 Å². The summed E-state index contributed by atoms with van der Waals surface area (Å²) in [4.78, 5) is 2.42. The van der Waals surface area contributed by atoms with Crippen molar-refractivity contribution in [3.8, 4) is 0 Å². The monoisotopic (exact) mass is 218 g/mol. The Morgan fingerprint density at radius 2 is 1.88 bits per heavy atom. The Kier molecular flexibility index (Phi) is 3.97. The van der Waals surface area contributed by atoms with Crippen LogP contribution in [-0.4, -0.2) is 24.2 Å². The predicted octanol–water partition coefficient (Wildman–Crippen LogP) is 2.56. The van der Waals surface area contributed by atoms with Crippen molar-refractivity contribution in [3.05, 3.63) is 35.9 Å². The molecule has 0 radical (unpaired) electrons. The molecular weight excluding hydrogens is 196 g/mol. The molecule has 1 saturated heterocycles. The molecule has 0 amide bonds. The maximum Gasteiger partial charge on any atom is 0.0569 e. The summed E-state index contributed by atoms with van der Waals surface area (Å²) in [5.41, 5.74) is 7.55. The minimum Gasteiger partial charge on any atom is -0.316 e. The van der Waals surface area contributed by atoms with Crippen LogP contribution in [0.3, 0.4) is 0 Å². The third-order valence-corrected chi connectivity index (χ3v) is 3.69. The second-order valence-corrected chi connectivity index (χ2v) is 4.70. The summed E-state index contributed by atoms with van der Waals surface area (Å²) in [7, 11) is 0. The van der Waals surface area contributed by atoms with E-state index >= 15 is 0 Å². The van der Waals surface area contributed by atoms with Crippen LogP contribution in [-0.2, 0) is 0 Å². The van der Waals surface area contributed by atoms with Gasteiger partial charge in [-0.1, -0.05) is 37.3 Å². The average Bonchev–Trinajstić information content (AvgIpc) is 2.39. The molecule has 1 fully saturated rings. The normalized spacial score (nSPS) is 20.9. The molecule has 0 saturated carbocycles. The first-order chi connectivity index (χ1) is 7.81. The fourth-order valence-corrected chi connectivity index (χ4v) is 2.55. The zero-order chi connectivity index (χ0) is 11.4. The van der Waals surface area contributed by atoms with Gasteiger partial charge in [0, 0.05) is 13.1 Å². The highest BCUT2D eigenvalue weighted by molar-refractivity contribution is 5.20. The zero-order valence-electron chi connectivity index (χ0n) is 10.1. The van der Waals surface area contributed by atoms with Crippen LogP contribution < -0.4 is 5.73 Å². The molecule has 1 aromatic rings. The summed E-state index contributed by atoms with van der Waals surface area (Å²) in [6.45, 7) is 4.46. The van der Waals surface area contributed by atoms with E-state index in [4.69, 9.17) is 5.73 Å². The van der Waals surface area contributed by atoms with Crippen molar-refractivity contribution in [1.29, 1.82) is 0 Å². The topological polar surface area (TPSA) is 29.3 Å². The first-order valence-corrected chi connectivity index (χ1v) is 6.36. The molecule has 1 aromatic carbocycles. The highest BCUT2D eigenvalue weighted by Crippen LogP contribution is 2.28. The van der Waals surface area contributed by atoms with E-state index in [9.17, 15) is 0 Å². The van der Waals surface area contributed by atoms with Gasteiger partial charge in [-0.15, -0.1) is 0 Å². The molecule has 1 atom stereocenters. The van der Waals surface area contributed by atoms with Crippen molar-refractivity contribution < 1.29 is 0 Å². The highest BCUT2D eigenvalue weighted by Gasteiger charge is 2.22. The summed E-state index contributed by atoms with van der Waals surface area (Å²) >= 11 is 0. The smallest absolute Gasteiger partial charge is 0.0569 e. The Hall–Kier alpha value is -0.860. The first-order valence-electron chi connectivity index (χ1n) is 6.36. The zero-order valence-corrected chi connectivity index (χ0v) is 10.1. The van der Waals surface area contributed by atoms with Crippen LogP contribution in [0, 0.1) is 0 Å². The summed E-state index contributed by atoms with van der Waals surface area (Å²) in [5, 5.41) is 0. The average molecular weight is 218 g/mol.